The van der Waals surface area contributed by atoms with E-state index in [-0.39, 0.29) is 24.4 Å². The van der Waals surface area contributed by atoms with Crippen molar-refractivity contribution in [2.75, 3.05) is 12.3 Å². The molecule has 3 rings (SSSR count). The van der Waals surface area contributed by atoms with E-state index in [1.807, 2.05) is 0 Å². The predicted molar refractivity (Wildman–Crippen MR) is 90.9 cm³/mol. The quantitative estimate of drug-likeness (QED) is 0.803. The number of benzene rings is 1. The first kappa shape index (κ1) is 17.6. The fourth-order valence-corrected chi connectivity index (χ4v) is 3.96. The Morgan fingerprint density at radius 2 is 2.08 bits per heavy atom. The molecule has 0 amide bonds. The highest BCUT2D eigenvalue weighted by Gasteiger charge is 2.61. The fourth-order valence-electron chi connectivity index (χ4n) is 3.96. The number of hydrogen-bond donors (Lipinski definition) is 2. The predicted octanol–water partition coefficient (Wildman–Crippen LogP) is 2.66. The van der Waals surface area contributed by atoms with Crippen molar-refractivity contribution < 1.29 is 13.5 Å². The minimum absolute atomic E-state index is 0.0156. The van der Waals surface area contributed by atoms with Crippen molar-refractivity contribution in [1.82, 2.24) is 0 Å². The van der Waals surface area contributed by atoms with E-state index in [0.29, 0.717) is 5.69 Å². The van der Waals surface area contributed by atoms with E-state index < -0.39 is 34.5 Å². The van der Waals surface area contributed by atoms with Crippen LogP contribution in [-0.4, -0.2) is 24.2 Å². The normalized spacial score (nSPS) is 35.0. The highest BCUT2D eigenvalue weighted by molar-refractivity contribution is 5.90. The van der Waals surface area contributed by atoms with Gasteiger partial charge in [-0.1, -0.05) is 0 Å². The number of hydrogen-bond acceptors (Lipinski definition) is 5. The molecule has 25 heavy (non-hydrogen) atoms. The standard InChI is InChI=1S/C18H22F2N4O/c1-16(2,20)14-12-7-17(3,8-21)15(23)24-18(12,9-25-14)11-6-10(22)4-5-13(11)19/h4-6,12,14H,7,9,22H2,1-3H3,(H2,23,24)/t12-,14?,17?,18?/m1/s1. The van der Waals surface area contributed by atoms with Gasteiger partial charge in [0.2, 0.25) is 0 Å². The van der Waals surface area contributed by atoms with Crippen molar-refractivity contribution in [2.24, 2.45) is 22.1 Å². The molecule has 1 aromatic rings. The number of fused-ring (bicyclic) bond motifs is 1. The van der Waals surface area contributed by atoms with Crippen molar-refractivity contribution in [3.05, 3.63) is 29.6 Å². The second kappa shape index (κ2) is 5.40. The van der Waals surface area contributed by atoms with Gasteiger partial charge in [0.1, 0.15) is 28.3 Å². The van der Waals surface area contributed by atoms with Crippen LogP contribution < -0.4 is 11.5 Å². The van der Waals surface area contributed by atoms with Gasteiger partial charge in [0.25, 0.3) is 0 Å². The van der Waals surface area contributed by atoms with Crippen LogP contribution >= 0.6 is 0 Å². The zero-order chi connectivity index (χ0) is 18.6. The molecule has 4 atom stereocenters. The Morgan fingerprint density at radius 1 is 1.40 bits per heavy atom. The maximum atomic E-state index is 14.8. The third kappa shape index (κ3) is 2.56. The molecule has 0 bridgehead atoms. The molecule has 2 aliphatic heterocycles. The molecule has 7 heteroatoms. The summed E-state index contributed by atoms with van der Waals surface area (Å²) < 4.78 is 35.2. The molecule has 0 aliphatic carbocycles. The lowest BCUT2D eigenvalue weighted by molar-refractivity contribution is -0.0285. The van der Waals surface area contributed by atoms with Gasteiger partial charge < -0.3 is 16.2 Å². The van der Waals surface area contributed by atoms with Crippen LogP contribution in [0.5, 0.6) is 0 Å². The Bertz CT molecular complexity index is 782. The first-order chi connectivity index (χ1) is 11.5. The lowest BCUT2D eigenvalue weighted by Gasteiger charge is -2.43. The van der Waals surface area contributed by atoms with E-state index in [0.717, 1.165) is 0 Å². The zero-order valence-electron chi connectivity index (χ0n) is 14.5. The van der Waals surface area contributed by atoms with Crippen molar-refractivity contribution in [2.45, 2.75) is 44.5 Å². The van der Waals surface area contributed by atoms with Crippen LogP contribution in [0.4, 0.5) is 14.5 Å². The van der Waals surface area contributed by atoms with Gasteiger partial charge >= 0.3 is 0 Å². The molecule has 1 fully saturated rings. The number of anilines is 1. The molecule has 3 unspecified atom stereocenters. The number of nitriles is 1. The number of rotatable bonds is 2. The highest BCUT2D eigenvalue weighted by atomic mass is 19.1. The maximum Gasteiger partial charge on any atom is 0.131 e. The van der Waals surface area contributed by atoms with Crippen molar-refractivity contribution in [1.29, 1.82) is 5.26 Å². The van der Waals surface area contributed by atoms with Gasteiger partial charge in [-0.2, -0.15) is 5.26 Å². The first-order valence-electron chi connectivity index (χ1n) is 8.16. The summed E-state index contributed by atoms with van der Waals surface area (Å²) in [5.41, 5.74) is 8.58. The van der Waals surface area contributed by atoms with E-state index in [1.165, 1.54) is 32.0 Å². The summed E-state index contributed by atoms with van der Waals surface area (Å²) in [7, 11) is 0. The van der Waals surface area contributed by atoms with E-state index in [1.54, 1.807) is 6.92 Å². The van der Waals surface area contributed by atoms with Crippen LogP contribution in [0.3, 0.4) is 0 Å². The molecule has 2 aliphatic rings. The Balaban J connectivity index is 2.24. The van der Waals surface area contributed by atoms with Crippen molar-refractivity contribution >= 4 is 11.5 Å². The minimum Gasteiger partial charge on any atom is -0.399 e. The molecule has 0 saturated carbocycles. The van der Waals surface area contributed by atoms with Gasteiger partial charge in [-0.25, -0.2) is 8.78 Å². The summed E-state index contributed by atoms with van der Waals surface area (Å²) in [5.74, 6) is -0.938. The van der Waals surface area contributed by atoms with E-state index >= 15 is 0 Å². The molecule has 0 aromatic heterocycles. The van der Waals surface area contributed by atoms with Crippen LogP contribution in [0.2, 0.25) is 0 Å². The third-order valence-corrected chi connectivity index (χ3v) is 5.36. The molecule has 1 saturated heterocycles. The topological polar surface area (TPSA) is 97.4 Å². The molecule has 5 nitrogen and oxygen atoms in total. The second-order valence-electron chi connectivity index (χ2n) is 7.71. The number of ether oxygens (including phenoxy) is 1. The molecule has 2 heterocycles. The highest BCUT2D eigenvalue weighted by Crippen LogP contribution is 2.54. The van der Waals surface area contributed by atoms with E-state index in [9.17, 15) is 14.0 Å². The number of nitrogen functional groups attached to an aromatic ring is 1. The smallest absolute Gasteiger partial charge is 0.131 e. The molecule has 134 valence electrons. The fraction of sp³-hybridized carbons (Fsp3) is 0.556. The minimum atomic E-state index is -1.68. The van der Waals surface area contributed by atoms with Crippen LogP contribution in [0.1, 0.15) is 32.8 Å². The summed E-state index contributed by atoms with van der Waals surface area (Å²) in [6, 6.07) is 6.36. The Kier molecular flexibility index (Phi) is 3.80. The number of nitrogens with zero attached hydrogens (tertiary/aromatic N) is 2. The Morgan fingerprint density at radius 3 is 2.68 bits per heavy atom. The summed E-state index contributed by atoms with van der Waals surface area (Å²) in [4.78, 5) is 4.52. The Labute approximate surface area is 145 Å². The van der Waals surface area contributed by atoms with Gasteiger partial charge in [0.15, 0.2) is 0 Å². The number of amidine groups is 1. The number of halogens is 2. The number of nitrogens with two attached hydrogens (primary N) is 2. The molecule has 0 radical (unpaired) electrons. The van der Waals surface area contributed by atoms with Gasteiger partial charge in [0.05, 0.1) is 18.8 Å². The molecule has 0 spiro atoms. The SMILES string of the molecule is CC1(C#N)C[C@@H]2C(C(C)(C)F)OCC2(c2cc(N)ccc2F)N=C1N. The van der Waals surface area contributed by atoms with Gasteiger partial charge in [-0.15, -0.1) is 0 Å². The van der Waals surface area contributed by atoms with Gasteiger partial charge in [-0.3, -0.25) is 4.99 Å². The average Bonchev–Trinajstić information content (AvgIpc) is 2.89. The number of aliphatic imine (C=N–C) groups is 1. The van der Waals surface area contributed by atoms with Crippen LogP contribution in [0.25, 0.3) is 0 Å². The van der Waals surface area contributed by atoms with Crippen LogP contribution in [-0.2, 0) is 10.3 Å². The second-order valence-corrected chi connectivity index (χ2v) is 7.71. The van der Waals surface area contributed by atoms with Gasteiger partial charge in [0, 0.05) is 17.2 Å². The van der Waals surface area contributed by atoms with Gasteiger partial charge in [-0.05, 0) is 45.4 Å². The third-order valence-electron chi connectivity index (χ3n) is 5.36. The molecule has 4 N–H and O–H groups in total. The zero-order valence-corrected chi connectivity index (χ0v) is 14.5. The first-order valence-corrected chi connectivity index (χ1v) is 8.16. The molecular formula is C18H22F2N4O. The van der Waals surface area contributed by atoms with Crippen molar-refractivity contribution in [3.8, 4) is 6.07 Å². The van der Waals surface area contributed by atoms with Crippen LogP contribution in [0, 0.1) is 28.5 Å². The summed E-state index contributed by atoms with van der Waals surface area (Å²) in [5, 5.41) is 9.54. The molecular weight excluding hydrogens is 326 g/mol. The summed E-state index contributed by atoms with van der Waals surface area (Å²) >= 11 is 0. The number of alkyl halides is 1. The van der Waals surface area contributed by atoms with Crippen LogP contribution in [0.15, 0.2) is 23.2 Å². The maximum absolute atomic E-state index is 14.8. The van der Waals surface area contributed by atoms with Crippen molar-refractivity contribution in [3.63, 3.8) is 0 Å². The molecule has 1 aromatic carbocycles. The largest absolute Gasteiger partial charge is 0.399 e. The summed E-state index contributed by atoms with van der Waals surface area (Å²) in [6.45, 7) is 4.47. The monoisotopic (exact) mass is 348 g/mol. The lowest BCUT2D eigenvalue weighted by atomic mass is 9.65. The average molecular weight is 348 g/mol. The lowest BCUT2D eigenvalue weighted by Crippen LogP contribution is -2.52. The Hall–Kier alpha value is -2.20. The van der Waals surface area contributed by atoms with E-state index in [4.69, 9.17) is 16.2 Å². The summed E-state index contributed by atoms with van der Waals surface area (Å²) in [6.07, 6.45) is -0.608. The van der Waals surface area contributed by atoms with E-state index in [2.05, 4.69) is 11.1 Å².